The first-order valence-corrected chi connectivity index (χ1v) is 11.1. The maximum absolute atomic E-state index is 4.95. The van der Waals surface area contributed by atoms with Crippen molar-refractivity contribution in [3.63, 3.8) is 0 Å². The molecule has 2 saturated heterocycles. The van der Waals surface area contributed by atoms with Crippen LogP contribution in [0.3, 0.4) is 0 Å². The largest absolute Gasteiger partial charge is 0.364 e. The van der Waals surface area contributed by atoms with Crippen molar-refractivity contribution >= 4 is 11.6 Å². The van der Waals surface area contributed by atoms with Gasteiger partial charge in [0.15, 0.2) is 5.96 Å². The summed E-state index contributed by atoms with van der Waals surface area (Å²) >= 11 is 0. The zero-order valence-electron chi connectivity index (χ0n) is 17.3. The fraction of sp³-hybridized carbons (Fsp3) is 0.609. The molecule has 1 N–H and O–H groups in total. The predicted octanol–water partition coefficient (Wildman–Crippen LogP) is 2.95. The fourth-order valence-electron chi connectivity index (χ4n) is 4.60. The maximum atomic E-state index is 4.95. The third-order valence-corrected chi connectivity index (χ3v) is 6.17. The topological polar surface area (TPSA) is 34.1 Å². The van der Waals surface area contributed by atoms with E-state index in [1.807, 2.05) is 0 Å². The van der Waals surface area contributed by atoms with E-state index >= 15 is 0 Å². The molecule has 5 nitrogen and oxygen atoms in total. The molecule has 1 aromatic carbocycles. The van der Waals surface area contributed by atoms with Crippen molar-refractivity contribution < 1.29 is 0 Å². The Morgan fingerprint density at radius 2 is 1.82 bits per heavy atom. The molecule has 3 aliphatic heterocycles. The quantitative estimate of drug-likeness (QED) is 0.467. The van der Waals surface area contributed by atoms with Gasteiger partial charge in [0.1, 0.15) is 0 Å². The molecule has 152 valence electrons. The van der Waals surface area contributed by atoms with Crippen LogP contribution in [0.25, 0.3) is 0 Å². The molecule has 28 heavy (non-hydrogen) atoms. The van der Waals surface area contributed by atoms with Crippen LogP contribution in [0.5, 0.6) is 0 Å². The highest BCUT2D eigenvalue weighted by atomic mass is 15.3. The van der Waals surface area contributed by atoms with Crippen molar-refractivity contribution in [1.29, 1.82) is 0 Å². The van der Waals surface area contributed by atoms with E-state index in [-0.39, 0.29) is 0 Å². The lowest BCUT2D eigenvalue weighted by atomic mass is 10.1. The molecule has 0 radical (unpaired) electrons. The van der Waals surface area contributed by atoms with Gasteiger partial charge in [0.25, 0.3) is 0 Å². The molecule has 3 aliphatic rings. The summed E-state index contributed by atoms with van der Waals surface area (Å²) in [6, 6.07) is 8.90. The summed E-state index contributed by atoms with van der Waals surface area (Å²) in [6.07, 6.45) is 8.52. The van der Waals surface area contributed by atoms with E-state index in [2.05, 4.69) is 63.4 Å². The molecular weight excluding hydrogens is 346 g/mol. The van der Waals surface area contributed by atoms with Crippen LogP contribution in [-0.2, 0) is 6.54 Å². The molecule has 2 fully saturated rings. The molecule has 5 heteroatoms. The summed E-state index contributed by atoms with van der Waals surface area (Å²) in [6.45, 7) is 12.0. The minimum atomic E-state index is 0.744. The minimum absolute atomic E-state index is 0.744. The minimum Gasteiger partial charge on any atom is -0.364 e. The number of benzene rings is 1. The number of aliphatic imine (C=N–C) groups is 1. The molecule has 3 heterocycles. The van der Waals surface area contributed by atoms with Crippen LogP contribution in [0.2, 0.25) is 0 Å². The van der Waals surface area contributed by atoms with Gasteiger partial charge in [0.05, 0.1) is 6.54 Å². The lowest BCUT2D eigenvalue weighted by molar-refractivity contribution is 0.281. The van der Waals surface area contributed by atoms with Gasteiger partial charge in [0, 0.05) is 45.0 Å². The maximum Gasteiger partial charge on any atom is 0.194 e. The zero-order chi connectivity index (χ0) is 19.2. The smallest absolute Gasteiger partial charge is 0.194 e. The Morgan fingerprint density at radius 1 is 1.07 bits per heavy atom. The number of rotatable bonds is 6. The van der Waals surface area contributed by atoms with Crippen molar-refractivity contribution in [2.75, 3.05) is 57.3 Å². The number of anilines is 1. The van der Waals surface area contributed by atoms with Crippen LogP contribution in [0.1, 0.15) is 31.7 Å². The summed E-state index contributed by atoms with van der Waals surface area (Å²) in [7, 11) is 0. The highest BCUT2D eigenvalue weighted by molar-refractivity contribution is 5.80. The third-order valence-electron chi connectivity index (χ3n) is 6.17. The molecule has 0 spiro atoms. The van der Waals surface area contributed by atoms with Gasteiger partial charge in [-0.3, -0.25) is 0 Å². The van der Waals surface area contributed by atoms with Crippen molar-refractivity contribution in [2.45, 2.75) is 32.7 Å². The summed E-state index contributed by atoms with van der Waals surface area (Å²) in [4.78, 5) is 12.4. The van der Waals surface area contributed by atoms with E-state index in [1.165, 1.54) is 50.1 Å². The second-order valence-corrected chi connectivity index (χ2v) is 8.32. The van der Waals surface area contributed by atoms with Gasteiger partial charge in [-0.05, 0) is 62.9 Å². The number of hydrogen-bond acceptors (Lipinski definition) is 3. The standard InChI is InChI=1S/C23H35N5/c1-2-24-23(28-16-11-21(19-28)18-26-12-3-4-13-26)25-17-20-7-9-22(10-8-20)27-14-5-6-15-27/h5-10,21H,2-4,11-19H2,1H3,(H,24,25). The molecule has 0 amide bonds. The first kappa shape index (κ1) is 19.3. The van der Waals surface area contributed by atoms with Crippen LogP contribution < -0.4 is 10.2 Å². The van der Waals surface area contributed by atoms with Gasteiger partial charge in [-0.2, -0.15) is 0 Å². The summed E-state index contributed by atoms with van der Waals surface area (Å²) in [5.41, 5.74) is 2.58. The molecule has 0 saturated carbocycles. The predicted molar refractivity (Wildman–Crippen MR) is 118 cm³/mol. The fourth-order valence-corrected chi connectivity index (χ4v) is 4.60. The van der Waals surface area contributed by atoms with E-state index in [9.17, 15) is 0 Å². The van der Waals surface area contributed by atoms with Gasteiger partial charge in [0.2, 0.25) is 0 Å². The van der Waals surface area contributed by atoms with E-state index in [0.717, 1.165) is 51.1 Å². The molecule has 0 aromatic heterocycles. The number of nitrogens with one attached hydrogen (secondary N) is 1. The number of nitrogens with zero attached hydrogens (tertiary/aromatic N) is 4. The second-order valence-electron chi connectivity index (χ2n) is 8.32. The average molecular weight is 382 g/mol. The van der Waals surface area contributed by atoms with Crippen molar-refractivity contribution in [3.8, 4) is 0 Å². The lowest BCUT2D eigenvalue weighted by Crippen LogP contribution is -2.40. The van der Waals surface area contributed by atoms with Gasteiger partial charge in [-0.25, -0.2) is 4.99 Å². The normalized spacial score (nSPS) is 23.2. The van der Waals surface area contributed by atoms with Gasteiger partial charge < -0.3 is 20.0 Å². The molecular formula is C23H35N5. The highest BCUT2D eigenvalue weighted by Gasteiger charge is 2.27. The van der Waals surface area contributed by atoms with Crippen molar-refractivity contribution in [1.82, 2.24) is 15.1 Å². The highest BCUT2D eigenvalue weighted by Crippen LogP contribution is 2.21. The van der Waals surface area contributed by atoms with Gasteiger partial charge >= 0.3 is 0 Å². The van der Waals surface area contributed by atoms with Crippen LogP contribution >= 0.6 is 0 Å². The molecule has 0 aliphatic carbocycles. The Bertz CT molecular complexity index is 667. The number of hydrogen-bond donors (Lipinski definition) is 1. The van der Waals surface area contributed by atoms with Crippen LogP contribution in [0.15, 0.2) is 41.4 Å². The first-order valence-electron chi connectivity index (χ1n) is 11.1. The third kappa shape index (κ3) is 4.88. The van der Waals surface area contributed by atoms with E-state index < -0.39 is 0 Å². The van der Waals surface area contributed by atoms with E-state index in [0.29, 0.717) is 0 Å². The van der Waals surface area contributed by atoms with Gasteiger partial charge in [-0.15, -0.1) is 0 Å². The van der Waals surface area contributed by atoms with Crippen LogP contribution in [-0.4, -0.2) is 68.1 Å². The number of likely N-dealkylation sites (tertiary alicyclic amines) is 2. The Hall–Kier alpha value is -2.01. The zero-order valence-corrected chi connectivity index (χ0v) is 17.3. The second kappa shape index (κ2) is 9.46. The van der Waals surface area contributed by atoms with E-state index in [1.54, 1.807) is 0 Å². The van der Waals surface area contributed by atoms with Crippen molar-refractivity contribution in [3.05, 3.63) is 42.0 Å². The van der Waals surface area contributed by atoms with Crippen LogP contribution in [0.4, 0.5) is 5.69 Å². The monoisotopic (exact) mass is 381 g/mol. The Kier molecular flexibility index (Phi) is 6.53. The Labute approximate surface area is 170 Å². The van der Waals surface area contributed by atoms with Crippen molar-refractivity contribution in [2.24, 2.45) is 10.9 Å². The summed E-state index contributed by atoms with van der Waals surface area (Å²) in [5.74, 6) is 1.87. The SMILES string of the molecule is CCNC(=NCc1ccc(N2CC=CC2)cc1)N1CCC(CN2CCCC2)C1. The number of guanidine groups is 1. The molecule has 4 rings (SSSR count). The average Bonchev–Trinajstić information content (AvgIpc) is 3.48. The lowest BCUT2D eigenvalue weighted by Gasteiger charge is -2.23. The Morgan fingerprint density at radius 3 is 2.54 bits per heavy atom. The first-order chi connectivity index (χ1) is 13.8. The Balaban J connectivity index is 1.32. The summed E-state index contributed by atoms with van der Waals surface area (Å²) < 4.78 is 0. The van der Waals surface area contributed by atoms with Gasteiger partial charge in [-0.1, -0.05) is 24.3 Å². The van der Waals surface area contributed by atoms with Crippen LogP contribution in [0, 0.1) is 5.92 Å². The molecule has 1 aromatic rings. The summed E-state index contributed by atoms with van der Waals surface area (Å²) in [5, 5.41) is 3.51. The van der Waals surface area contributed by atoms with E-state index in [4.69, 9.17) is 4.99 Å². The molecule has 1 atom stereocenters. The molecule has 0 bridgehead atoms. The molecule has 1 unspecified atom stereocenters.